The van der Waals surface area contributed by atoms with Crippen LogP contribution in [0.4, 0.5) is 13.2 Å². The lowest BCUT2D eigenvalue weighted by molar-refractivity contribution is -0.139. The number of pyridine rings is 1. The first-order valence-corrected chi connectivity index (χ1v) is 13.1. The van der Waals surface area contributed by atoms with E-state index in [0.717, 1.165) is 93.0 Å². The number of aromatic nitrogens is 1. The Balaban J connectivity index is 1.12. The fourth-order valence-corrected chi connectivity index (χ4v) is 5.73. The van der Waals surface area contributed by atoms with Gasteiger partial charge in [-0.3, -0.25) is 9.78 Å². The molecule has 1 aromatic carbocycles. The number of morpholine rings is 1. The van der Waals surface area contributed by atoms with E-state index in [0.29, 0.717) is 24.6 Å². The SMILES string of the molecule is O=C(C1CCN(CCCCCCSc2ccnc3cc(C(F)(F)F)ccc23)C1)N1CCOCC1. The van der Waals surface area contributed by atoms with Gasteiger partial charge in [-0.2, -0.15) is 13.2 Å². The van der Waals surface area contributed by atoms with Crippen LogP contribution in [0.25, 0.3) is 10.9 Å². The molecule has 2 saturated heterocycles. The third-order valence-corrected chi connectivity index (χ3v) is 7.76. The number of likely N-dealkylation sites (tertiary alicyclic amines) is 1. The topological polar surface area (TPSA) is 45.7 Å². The van der Waals surface area contributed by atoms with Crippen LogP contribution in [0.15, 0.2) is 35.4 Å². The van der Waals surface area contributed by atoms with Crippen molar-refractivity contribution in [3.05, 3.63) is 36.0 Å². The number of carbonyl (C=O) groups excluding carboxylic acids is 1. The van der Waals surface area contributed by atoms with Crippen LogP contribution in [0, 0.1) is 5.92 Å². The molecule has 1 unspecified atom stereocenters. The minimum Gasteiger partial charge on any atom is -0.378 e. The molecule has 9 heteroatoms. The molecule has 0 spiro atoms. The molecule has 2 aliphatic heterocycles. The fraction of sp³-hybridized carbons (Fsp3) is 0.600. The number of unbranched alkanes of at least 4 members (excludes halogenated alkanes) is 3. The van der Waals surface area contributed by atoms with E-state index >= 15 is 0 Å². The van der Waals surface area contributed by atoms with E-state index in [9.17, 15) is 18.0 Å². The van der Waals surface area contributed by atoms with E-state index < -0.39 is 11.7 Å². The van der Waals surface area contributed by atoms with Crippen LogP contribution < -0.4 is 0 Å². The fourth-order valence-electron chi connectivity index (χ4n) is 4.68. The van der Waals surface area contributed by atoms with E-state index in [4.69, 9.17) is 4.74 Å². The number of ether oxygens (including phenoxy) is 1. The number of halogens is 3. The predicted octanol–water partition coefficient (Wildman–Crippen LogP) is 5.09. The second kappa shape index (κ2) is 11.7. The van der Waals surface area contributed by atoms with Gasteiger partial charge >= 0.3 is 6.18 Å². The Hall–Kier alpha value is -1.84. The third-order valence-electron chi connectivity index (χ3n) is 6.60. The van der Waals surface area contributed by atoms with Crippen molar-refractivity contribution in [2.75, 3.05) is 51.7 Å². The summed E-state index contributed by atoms with van der Waals surface area (Å²) in [6.45, 7) is 5.65. The lowest BCUT2D eigenvalue weighted by atomic mass is 10.1. The zero-order chi connectivity index (χ0) is 24.0. The summed E-state index contributed by atoms with van der Waals surface area (Å²) in [4.78, 5) is 22.1. The zero-order valence-corrected chi connectivity index (χ0v) is 20.2. The predicted molar refractivity (Wildman–Crippen MR) is 128 cm³/mol. The van der Waals surface area contributed by atoms with E-state index in [1.807, 2.05) is 11.0 Å². The molecule has 0 bridgehead atoms. The number of nitrogens with zero attached hydrogens (tertiary/aromatic N) is 3. The van der Waals surface area contributed by atoms with Gasteiger partial charge in [0, 0.05) is 36.1 Å². The number of thioether (sulfide) groups is 1. The van der Waals surface area contributed by atoms with Gasteiger partial charge in [-0.15, -0.1) is 11.8 Å². The van der Waals surface area contributed by atoms with Crippen LogP contribution in [0.1, 0.15) is 37.7 Å². The maximum absolute atomic E-state index is 12.9. The van der Waals surface area contributed by atoms with Gasteiger partial charge in [0.05, 0.1) is 30.2 Å². The summed E-state index contributed by atoms with van der Waals surface area (Å²) in [5, 5.41) is 0.774. The second-order valence-corrected chi connectivity index (χ2v) is 10.2. The highest BCUT2D eigenvalue weighted by molar-refractivity contribution is 7.99. The summed E-state index contributed by atoms with van der Waals surface area (Å²) in [6, 6.07) is 5.66. The molecule has 2 fully saturated rings. The van der Waals surface area contributed by atoms with Gasteiger partial charge in [0.15, 0.2) is 0 Å². The molecule has 3 heterocycles. The summed E-state index contributed by atoms with van der Waals surface area (Å²) in [5.74, 6) is 1.36. The van der Waals surface area contributed by atoms with Crippen molar-refractivity contribution < 1.29 is 22.7 Å². The van der Waals surface area contributed by atoms with E-state index in [2.05, 4.69) is 9.88 Å². The van der Waals surface area contributed by atoms with Gasteiger partial charge in [0.2, 0.25) is 5.91 Å². The highest BCUT2D eigenvalue weighted by atomic mass is 32.2. The second-order valence-electron chi connectivity index (χ2n) is 9.03. The molecule has 1 atom stereocenters. The number of benzene rings is 1. The summed E-state index contributed by atoms with van der Waals surface area (Å²) < 4.78 is 44.2. The molecular weight excluding hydrogens is 463 g/mol. The first-order valence-electron chi connectivity index (χ1n) is 12.1. The summed E-state index contributed by atoms with van der Waals surface area (Å²) in [7, 11) is 0. The van der Waals surface area contributed by atoms with Crippen LogP contribution >= 0.6 is 11.8 Å². The molecule has 1 amide bonds. The van der Waals surface area contributed by atoms with Crippen LogP contribution in [0.5, 0.6) is 0 Å². The monoisotopic (exact) mass is 495 g/mol. The van der Waals surface area contributed by atoms with Crippen molar-refractivity contribution in [1.29, 1.82) is 0 Å². The average Bonchev–Trinajstić information content (AvgIpc) is 3.31. The molecule has 0 N–H and O–H groups in total. The molecule has 0 aliphatic carbocycles. The van der Waals surface area contributed by atoms with Crippen LogP contribution in [-0.4, -0.2) is 72.4 Å². The molecule has 4 rings (SSSR count). The summed E-state index contributed by atoms with van der Waals surface area (Å²) >= 11 is 1.68. The van der Waals surface area contributed by atoms with Gasteiger partial charge in [-0.1, -0.05) is 18.9 Å². The Kier molecular flexibility index (Phi) is 8.71. The van der Waals surface area contributed by atoms with Crippen molar-refractivity contribution in [3.63, 3.8) is 0 Å². The molecule has 186 valence electrons. The van der Waals surface area contributed by atoms with E-state index in [1.54, 1.807) is 18.0 Å². The maximum Gasteiger partial charge on any atom is 0.416 e. The highest BCUT2D eigenvalue weighted by Gasteiger charge is 2.32. The van der Waals surface area contributed by atoms with Crippen molar-refractivity contribution in [3.8, 4) is 0 Å². The quantitative estimate of drug-likeness (QED) is 0.358. The Morgan fingerprint density at radius 2 is 1.88 bits per heavy atom. The first kappa shape index (κ1) is 25.3. The first-order chi connectivity index (χ1) is 16.4. The highest BCUT2D eigenvalue weighted by Crippen LogP contribution is 2.34. The largest absolute Gasteiger partial charge is 0.416 e. The smallest absolute Gasteiger partial charge is 0.378 e. The number of carbonyl (C=O) groups is 1. The van der Waals surface area contributed by atoms with Crippen LogP contribution in [0.3, 0.4) is 0 Å². The van der Waals surface area contributed by atoms with Gasteiger partial charge in [0.25, 0.3) is 0 Å². The number of rotatable bonds is 9. The van der Waals surface area contributed by atoms with Crippen molar-refractivity contribution in [2.24, 2.45) is 5.92 Å². The Labute approximate surface area is 203 Å². The third kappa shape index (κ3) is 6.64. The molecule has 0 saturated carbocycles. The number of alkyl halides is 3. The number of hydrogen-bond acceptors (Lipinski definition) is 5. The molecule has 2 aliphatic rings. The normalized spacial score (nSPS) is 19.7. The zero-order valence-electron chi connectivity index (χ0n) is 19.4. The average molecular weight is 496 g/mol. The molecule has 1 aromatic heterocycles. The lowest BCUT2D eigenvalue weighted by Gasteiger charge is -2.29. The molecular formula is C25H32F3N3O2S. The van der Waals surface area contributed by atoms with Crippen LogP contribution in [-0.2, 0) is 15.7 Å². The van der Waals surface area contributed by atoms with E-state index in [-0.39, 0.29) is 5.92 Å². The van der Waals surface area contributed by atoms with Crippen molar-refractivity contribution in [1.82, 2.24) is 14.8 Å². The van der Waals surface area contributed by atoms with Gasteiger partial charge in [0.1, 0.15) is 0 Å². The standard InChI is InChI=1S/C25H32F3N3O2S/c26-25(27,28)20-5-6-21-22(17-20)29-9-7-23(21)34-16-4-2-1-3-10-30-11-8-19(18-30)24(32)31-12-14-33-15-13-31/h5-7,9,17,19H,1-4,8,10-16,18H2. The maximum atomic E-state index is 12.9. The molecule has 34 heavy (non-hydrogen) atoms. The summed E-state index contributed by atoms with van der Waals surface area (Å²) in [6.07, 6.45) is 2.64. The van der Waals surface area contributed by atoms with Crippen molar-refractivity contribution in [2.45, 2.75) is 43.2 Å². The molecule has 0 radical (unpaired) electrons. The number of hydrogen-bond donors (Lipinski definition) is 0. The number of fused-ring (bicyclic) bond motifs is 1. The van der Waals surface area contributed by atoms with Gasteiger partial charge < -0.3 is 14.5 Å². The summed E-state index contributed by atoms with van der Waals surface area (Å²) in [5.41, 5.74) is -0.278. The minimum atomic E-state index is -4.35. The number of amides is 1. The lowest BCUT2D eigenvalue weighted by Crippen LogP contribution is -2.44. The Bertz CT molecular complexity index is 966. The Morgan fingerprint density at radius 3 is 2.68 bits per heavy atom. The molecule has 5 nitrogen and oxygen atoms in total. The molecule has 2 aromatic rings. The Morgan fingerprint density at radius 1 is 1.09 bits per heavy atom. The van der Waals surface area contributed by atoms with Crippen LogP contribution in [0.2, 0.25) is 0 Å². The minimum absolute atomic E-state index is 0.136. The van der Waals surface area contributed by atoms with Gasteiger partial charge in [-0.05, 0) is 56.3 Å². The van der Waals surface area contributed by atoms with E-state index in [1.165, 1.54) is 6.07 Å². The van der Waals surface area contributed by atoms with Gasteiger partial charge in [-0.25, -0.2) is 0 Å². The van der Waals surface area contributed by atoms with Crippen molar-refractivity contribution >= 4 is 28.6 Å².